The molecule has 0 aliphatic heterocycles. The Hall–Kier alpha value is -1.02. The maximum Gasteiger partial charge on any atom is 0.220 e. The van der Waals surface area contributed by atoms with Crippen LogP contribution >= 0.6 is 11.6 Å². The Morgan fingerprint density at radius 3 is 2.53 bits per heavy atom. The van der Waals surface area contributed by atoms with Gasteiger partial charge in [-0.1, -0.05) is 30.7 Å². The minimum Gasteiger partial charge on any atom is -0.350 e. The van der Waals surface area contributed by atoms with Crippen LogP contribution in [0.25, 0.3) is 0 Å². The molecule has 0 saturated carbocycles. The van der Waals surface area contributed by atoms with Gasteiger partial charge in [0.15, 0.2) is 0 Å². The van der Waals surface area contributed by atoms with E-state index in [-0.39, 0.29) is 11.9 Å². The molecule has 1 aromatic carbocycles. The first kappa shape index (κ1) is 12.1. The zero-order valence-corrected chi connectivity index (χ0v) is 9.84. The topological polar surface area (TPSA) is 29.1 Å². The molecule has 1 amide bonds. The fourth-order valence-corrected chi connectivity index (χ4v) is 1.50. The summed E-state index contributed by atoms with van der Waals surface area (Å²) in [6, 6.07) is 7.57. The zero-order valence-electron chi connectivity index (χ0n) is 9.09. The van der Waals surface area contributed by atoms with Crippen LogP contribution in [0.5, 0.6) is 0 Å². The highest BCUT2D eigenvalue weighted by Crippen LogP contribution is 2.16. The first-order valence-corrected chi connectivity index (χ1v) is 5.56. The highest BCUT2D eigenvalue weighted by atomic mass is 35.5. The number of carbonyl (C=O) groups is 1. The van der Waals surface area contributed by atoms with Gasteiger partial charge in [-0.2, -0.15) is 0 Å². The second-order valence-corrected chi connectivity index (χ2v) is 4.03. The van der Waals surface area contributed by atoms with Crippen molar-refractivity contribution in [2.45, 2.75) is 32.7 Å². The molecule has 0 saturated heterocycles. The number of halogens is 1. The maximum absolute atomic E-state index is 11.4. The van der Waals surface area contributed by atoms with Gasteiger partial charge in [0.25, 0.3) is 0 Å². The van der Waals surface area contributed by atoms with Crippen LogP contribution in [-0.4, -0.2) is 5.91 Å². The summed E-state index contributed by atoms with van der Waals surface area (Å²) in [6.45, 7) is 3.96. The minimum atomic E-state index is 0.0429. The molecule has 0 spiro atoms. The average Bonchev–Trinajstić information content (AvgIpc) is 2.18. The molecule has 0 aromatic heterocycles. The highest BCUT2D eigenvalue weighted by molar-refractivity contribution is 6.30. The molecule has 2 nitrogen and oxygen atoms in total. The van der Waals surface area contributed by atoms with Crippen LogP contribution in [0.15, 0.2) is 24.3 Å². The Kier molecular flexibility index (Phi) is 4.63. The molecule has 0 aliphatic carbocycles. The Morgan fingerprint density at radius 1 is 1.40 bits per heavy atom. The van der Waals surface area contributed by atoms with Gasteiger partial charge in [-0.3, -0.25) is 4.79 Å². The third-order valence-corrected chi connectivity index (χ3v) is 2.48. The van der Waals surface area contributed by atoms with Gasteiger partial charge in [0.1, 0.15) is 0 Å². The molecule has 1 N–H and O–H groups in total. The van der Waals surface area contributed by atoms with E-state index in [0.29, 0.717) is 11.4 Å². The van der Waals surface area contributed by atoms with E-state index in [9.17, 15) is 4.79 Å². The summed E-state index contributed by atoms with van der Waals surface area (Å²) in [5.74, 6) is 0.0972. The first-order valence-electron chi connectivity index (χ1n) is 5.18. The molecule has 0 radical (unpaired) electrons. The SMILES string of the molecule is CCCC(=O)N[C@H](C)c1ccc(Cl)cc1. The van der Waals surface area contributed by atoms with Gasteiger partial charge >= 0.3 is 0 Å². The lowest BCUT2D eigenvalue weighted by Gasteiger charge is -2.13. The van der Waals surface area contributed by atoms with Crippen LogP contribution in [0.1, 0.15) is 38.3 Å². The van der Waals surface area contributed by atoms with E-state index in [1.165, 1.54) is 0 Å². The number of nitrogens with one attached hydrogen (secondary N) is 1. The zero-order chi connectivity index (χ0) is 11.3. The summed E-state index contributed by atoms with van der Waals surface area (Å²) < 4.78 is 0. The largest absolute Gasteiger partial charge is 0.350 e. The fourth-order valence-electron chi connectivity index (χ4n) is 1.38. The van der Waals surface area contributed by atoms with E-state index in [2.05, 4.69) is 5.32 Å². The quantitative estimate of drug-likeness (QED) is 0.837. The van der Waals surface area contributed by atoms with E-state index in [1.54, 1.807) is 0 Å². The van der Waals surface area contributed by atoms with Gasteiger partial charge in [-0.25, -0.2) is 0 Å². The molecule has 1 aromatic rings. The smallest absolute Gasteiger partial charge is 0.220 e. The summed E-state index contributed by atoms with van der Waals surface area (Å²) in [5.41, 5.74) is 1.07. The number of rotatable bonds is 4. The Morgan fingerprint density at radius 2 is 2.00 bits per heavy atom. The maximum atomic E-state index is 11.4. The van der Waals surface area contributed by atoms with Gasteiger partial charge in [0, 0.05) is 11.4 Å². The second kappa shape index (κ2) is 5.76. The Balaban J connectivity index is 2.57. The van der Waals surface area contributed by atoms with E-state index in [0.717, 1.165) is 12.0 Å². The van der Waals surface area contributed by atoms with Gasteiger partial charge < -0.3 is 5.32 Å². The van der Waals surface area contributed by atoms with Crippen LogP contribution < -0.4 is 5.32 Å². The summed E-state index contributed by atoms with van der Waals surface area (Å²) >= 11 is 5.78. The van der Waals surface area contributed by atoms with Crippen molar-refractivity contribution in [3.05, 3.63) is 34.9 Å². The molecule has 82 valence electrons. The number of hydrogen-bond acceptors (Lipinski definition) is 1. The number of benzene rings is 1. The molecule has 0 heterocycles. The van der Waals surface area contributed by atoms with E-state index in [4.69, 9.17) is 11.6 Å². The molecular weight excluding hydrogens is 210 g/mol. The van der Waals surface area contributed by atoms with Crippen LogP contribution in [0, 0.1) is 0 Å². The lowest BCUT2D eigenvalue weighted by atomic mass is 10.1. The van der Waals surface area contributed by atoms with Gasteiger partial charge in [-0.15, -0.1) is 0 Å². The van der Waals surface area contributed by atoms with Crippen LogP contribution in [-0.2, 0) is 4.79 Å². The predicted octanol–water partition coefficient (Wildman–Crippen LogP) is 3.32. The van der Waals surface area contributed by atoms with Gasteiger partial charge in [0.2, 0.25) is 5.91 Å². The van der Waals surface area contributed by atoms with Crippen molar-refractivity contribution in [2.75, 3.05) is 0 Å². The third-order valence-electron chi connectivity index (χ3n) is 2.22. The van der Waals surface area contributed by atoms with Crippen LogP contribution in [0.2, 0.25) is 5.02 Å². The van der Waals surface area contributed by atoms with Crippen molar-refractivity contribution < 1.29 is 4.79 Å². The molecule has 3 heteroatoms. The number of amides is 1. The summed E-state index contributed by atoms with van der Waals surface area (Å²) in [4.78, 5) is 11.4. The van der Waals surface area contributed by atoms with Crippen molar-refractivity contribution in [1.82, 2.24) is 5.32 Å². The normalized spacial score (nSPS) is 12.2. The van der Waals surface area contributed by atoms with Crippen molar-refractivity contribution >= 4 is 17.5 Å². The summed E-state index contributed by atoms with van der Waals surface area (Å²) in [5, 5.41) is 3.65. The molecule has 1 rings (SSSR count). The summed E-state index contributed by atoms with van der Waals surface area (Å²) in [7, 11) is 0. The standard InChI is InChI=1S/C12H16ClNO/c1-3-4-12(15)14-9(2)10-5-7-11(13)8-6-10/h5-9H,3-4H2,1-2H3,(H,14,15)/t9-/m1/s1. The molecule has 0 bridgehead atoms. The van der Waals surface area contributed by atoms with Crippen molar-refractivity contribution in [3.8, 4) is 0 Å². The van der Waals surface area contributed by atoms with E-state index >= 15 is 0 Å². The molecule has 0 aliphatic rings. The molecule has 0 fully saturated rings. The van der Waals surface area contributed by atoms with Crippen LogP contribution in [0.3, 0.4) is 0 Å². The molecule has 15 heavy (non-hydrogen) atoms. The lowest BCUT2D eigenvalue weighted by molar-refractivity contribution is -0.121. The van der Waals surface area contributed by atoms with E-state index < -0.39 is 0 Å². The van der Waals surface area contributed by atoms with Crippen molar-refractivity contribution in [1.29, 1.82) is 0 Å². The predicted molar refractivity (Wildman–Crippen MR) is 62.9 cm³/mol. The van der Waals surface area contributed by atoms with Gasteiger partial charge in [0.05, 0.1) is 6.04 Å². The third kappa shape index (κ3) is 3.92. The number of hydrogen-bond donors (Lipinski definition) is 1. The second-order valence-electron chi connectivity index (χ2n) is 3.59. The molecule has 0 unspecified atom stereocenters. The highest BCUT2D eigenvalue weighted by Gasteiger charge is 2.07. The Labute approximate surface area is 95.6 Å². The lowest BCUT2D eigenvalue weighted by Crippen LogP contribution is -2.26. The molecular formula is C12H16ClNO. The first-order chi connectivity index (χ1) is 7.13. The Bertz CT molecular complexity index is 321. The monoisotopic (exact) mass is 225 g/mol. The average molecular weight is 226 g/mol. The minimum absolute atomic E-state index is 0.0429. The fraction of sp³-hybridized carbons (Fsp3) is 0.417. The summed E-state index contributed by atoms with van der Waals surface area (Å²) in [6.07, 6.45) is 1.46. The van der Waals surface area contributed by atoms with Crippen LogP contribution in [0.4, 0.5) is 0 Å². The van der Waals surface area contributed by atoms with E-state index in [1.807, 2.05) is 38.1 Å². The number of carbonyl (C=O) groups excluding carboxylic acids is 1. The van der Waals surface area contributed by atoms with Crippen molar-refractivity contribution in [2.24, 2.45) is 0 Å². The van der Waals surface area contributed by atoms with Gasteiger partial charge in [-0.05, 0) is 31.0 Å². The molecule has 1 atom stereocenters. The van der Waals surface area contributed by atoms with Crippen molar-refractivity contribution in [3.63, 3.8) is 0 Å².